The summed E-state index contributed by atoms with van der Waals surface area (Å²) >= 11 is 0. The molecule has 5 nitrogen and oxygen atoms in total. The molecular formula is C9H8F3N5. The Kier molecular flexibility index (Phi) is 2.49. The van der Waals surface area contributed by atoms with E-state index < -0.39 is 12.0 Å². The second kappa shape index (κ2) is 3.72. The molecule has 0 unspecified atom stereocenters. The highest BCUT2D eigenvalue weighted by molar-refractivity contribution is 5.54. The number of aromatic nitrogens is 4. The van der Waals surface area contributed by atoms with Crippen molar-refractivity contribution in [3.63, 3.8) is 0 Å². The molecule has 0 aliphatic heterocycles. The first-order chi connectivity index (χ1) is 7.88. The number of rotatable bonds is 1. The van der Waals surface area contributed by atoms with E-state index in [0.29, 0.717) is 5.82 Å². The summed E-state index contributed by atoms with van der Waals surface area (Å²) in [6, 6.07) is 1.25. The van der Waals surface area contributed by atoms with E-state index in [0.717, 1.165) is 0 Å². The first kappa shape index (κ1) is 11.4. The summed E-state index contributed by atoms with van der Waals surface area (Å²) in [7, 11) is 1.65. The summed E-state index contributed by atoms with van der Waals surface area (Å²) < 4.78 is 39.0. The molecule has 0 aliphatic rings. The number of anilines is 1. The molecule has 90 valence electrons. The number of hydrogen-bond donors (Lipinski definition) is 1. The zero-order valence-electron chi connectivity index (χ0n) is 8.73. The molecule has 2 aromatic heterocycles. The number of aryl methyl sites for hydroxylation is 1. The molecule has 0 saturated carbocycles. The van der Waals surface area contributed by atoms with Gasteiger partial charge in [0.05, 0.1) is 0 Å². The Morgan fingerprint density at radius 2 is 2.00 bits per heavy atom. The molecule has 2 N–H and O–H groups in total. The van der Waals surface area contributed by atoms with Crippen LogP contribution in [0.5, 0.6) is 0 Å². The monoisotopic (exact) mass is 243 g/mol. The van der Waals surface area contributed by atoms with E-state index in [1.165, 1.54) is 12.3 Å². The first-order valence-corrected chi connectivity index (χ1v) is 4.57. The van der Waals surface area contributed by atoms with Crippen LogP contribution in [-0.2, 0) is 13.2 Å². The van der Waals surface area contributed by atoms with E-state index in [4.69, 9.17) is 5.73 Å². The molecule has 2 heterocycles. The van der Waals surface area contributed by atoms with Crippen molar-refractivity contribution in [1.82, 2.24) is 19.5 Å². The summed E-state index contributed by atoms with van der Waals surface area (Å²) in [5.41, 5.74) is 5.36. The number of alkyl halides is 3. The van der Waals surface area contributed by atoms with Crippen LogP contribution in [0, 0.1) is 0 Å². The molecule has 0 aliphatic carbocycles. The maximum Gasteiger partial charge on any atom is 0.451 e. The Labute approximate surface area is 94.1 Å². The Morgan fingerprint density at radius 3 is 2.53 bits per heavy atom. The standard InChI is InChI=1S/C9H8F3N5/c1-17-3-2-14-7(17)5-4-6(13)16-8(15-5)9(10,11)12/h2-4H,1H3,(H2,13,15,16). The number of hydrogen-bond acceptors (Lipinski definition) is 4. The lowest BCUT2D eigenvalue weighted by atomic mass is 10.3. The number of nitrogens with zero attached hydrogens (tertiary/aromatic N) is 4. The maximum atomic E-state index is 12.5. The summed E-state index contributed by atoms with van der Waals surface area (Å²) in [5.74, 6) is -1.22. The van der Waals surface area contributed by atoms with E-state index in [9.17, 15) is 13.2 Å². The third kappa shape index (κ3) is 2.19. The van der Waals surface area contributed by atoms with Crippen molar-refractivity contribution in [3.8, 4) is 11.5 Å². The van der Waals surface area contributed by atoms with Gasteiger partial charge in [0.2, 0.25) is 5.82 Å². The van der Waals surface area contributed by atoms with Gasteiger partial charge in [-0.1, -0.05) is 0 Å². The van der Waals surface area contributed by atoms with Gasteiger partial charge < -0.3 is 10.3 Å². The van der Waals surface area contributed by atoms with Gasteiger partial charge >= 0.3 is 6.18 Å². The van der Waals surface area contributed by atoms with E-state index in [2.05, 4.69) is 15.0 Å². The van der Waals surface area contributed by atoms with E-state index in [-0.39, 0.29) is 11.5 Å². The van der Waals surface area contributed by atoms with Crippen molar-refractivity contribution in [2.24, 2.45) is 7.05 Å². The van der Waals surface area contributed by atoms with Gasteiger partial charge in [0.15, 0.2) is 5.82 Å². The van der Waals surface area contributed by atoms with Crippen LogP contribution in [0.25, 0.3) is 11.5 Å². The Bertz CT molecular complexity index is 546. The molecule has 0 fully saturated rings. The third-order valence-corrected chi connectivity index (χ3v) is 2.05. The Hall–Kier alpha value is -2.12. The third-order valence-electron chi connectivity index (χ3n) is 2.05. The smallest absolute Gasteiger partial charge is 0.384 e. The zero-order valence-corrected chi connectivity index (χ0v) is 8.73. The molecule has 0 radical (unpaired) electrons. The molecule has 2 aromatic rings. The molecule has 2 rings (SSSR count). The van der Waals surface area contributed by atoms with Crippen LogP contribution in [-0.4, -0.2) is 19.5 Å². The summed E-state index contributed by atoms with van der Waals surface area (Å²) in [6.07, 6.45) is -1.57. The van der Waals surface area contributed by atoms with Gasteiger partial charge in [-0.05, 0) is 0 Å². The largest absolute Gasteiger partial charge is 0.451 e. The van der Waals surface area contributed by atoms with Gasteiger partial charge in [-0.15, -0.1) is 0 Å². The SMILES string of the molecule is Cn1ccnc1-c1cc(N)nc(C(F)(F)F)n1. The second-order valence-electron chi connectivity index (χ2n) is 3.36. The second-order valence-corrected chi connectivity index (χ2v) is 3.36. The minimum Gasteiger partial charge on any atom is -0.384 e. The van der Waals surface area contributed by atoms with Crippen LogP contribution in [0.1, 0.15) is 5.82 Å². The number of nitrogens with two attached hydrogens (primary N) is 1. The van der Waals surface area contributed by atoms with Crippen LogP contribution in [0.2, 0.25) is 0 Å². The highest BCUT2D eigenvalue weighted by Gasteiger charge is 2.35. The maximum absolute atomic E-state index is 12.5. The van der Waals surface area contributed by atoms with Crippen molar-refractivity contribution >= 4 is 5.82 Å². The predicted molar refractivity (Wildman–Crippen MR) is 53.6 cm³/mol. The van der Waals surface area contributed by atoms with E-state index >= 15 is 0 Å². The van der Waals surface area contributed by atoms with E-state index in [1.54, 1.807) is 17.8 Å². The van der Waals surface area contributed by atoms with Crippen LogP contribution >= 0.6 is 0 Å². The lowest BCUT2D eigenvalue weighted by Gasteiger charge is -2.08. The average molecular weight is 243 g/mol. The van der Waals surface area contributed by atoms with Crippen molar-refractivity contribution < 1.29 is 13.2 Å². The molecule has 8 heteroatoms. The van der Waals surface area contributed by atoms with Gasteiger partial charge in [0, 0.05) is 25.5 Å². The molecule has 0 spiro atoms. The predicted octanol–water partition coefficient (Wildman–Crippen LogP) is 1.48. The van der Waals surface area contributed by atoms with Crippen molar-refractivity contribution in [3.05, 3.63) is 24.3 Å². The van der Waals surface area contributed by atoms with Gasteiger partial charge in [-0.3, -0.25) is 0 Å². The van der Waals surface area contributed by atoms with Gasteiger partial charge in [-0.2, -0.15) is 13.2 Å². The highest BCUT2D eigenvalue weighted by Crippen LogP contribution is 2.28. The molecule has 17 heavy (non-hydrogen) atoms. The fraction of sp³-hybridized carbons (Fsp3) is 0.222. The molecule has 0 atom stereocenters. The van der Waals surface area contributed by atoms with Crippen molar-refractivity contribution in [1.29, 1.82) is 0 Å². The first-order valence-electron chi connectivity index (χ1n) is 4.57. The van der Waals surface area contributed by atoms with Gasteiger partial charge in [0.1, 0.15) is 11.5 Å². The molecular weight excluding hydrogens is 235 g/mol. The topological polar surface area (TPSA) is 69.6 Å². The summed E-state index contributed by atoms with van der Waals surface area (Å²) in [4.78, 5) is 10.5. The lowest BCUT2D eigenvalue weighted by molar-refractivity contribution is -0.144. The minimum absolute atomic E-state index is 0.0392. The van der Waals surface area contributed by atoms with E-state index in [1.807, 2.05) is 0 Å². The quantitative estimate of drug-likeness (QED) is 0.823. The Morgan fingerprint density at radius 1 is 1.29 bits per heavy atom. The van der Waals surface area contributed by atoms with Crippen LogP contribution in [0.3, 0.4) is 0 Å². The van der Waals surface area contributed by atoms with Crippen LogP contribution in [0.15, 0.2) is 18.5 Å². The average Bonchev–Trinajstić information content (AvgIpc) is 2.62. The summed E-state index contributed by atoms with van der Waals surface area (Å²) in [6.45, 7) is 0. The highest BCUT2D eigenvalue weighted by atomic mass is 19.4. The molecule has 0 aromatic carbocycles. The van der Waals surface area contributed by atoms with Gasteiger partial charge in [0.25, 0.3) is 0 Å². The lowest BCUT2D eigenvalue weighted by Crippen LogP contribution is -2.13. The minimum atomic E-state index is -4.63. The van der Waals surface area contributed by atoms with Crippen molar-refractivity contribution in [2.45, 2.75) is 6.18 Å². The number of imidazole rings is 1. The fourth-order valence-corrected chi connectivity index (χ4v) is 1.32. The normalized spacial score (nSPS) is 11.8. The van der Waals surface area contributed by atoms with Gasteiger partial charge in [-0.25, -0.2) is 15.0 Å². The zero-order chi connectivity index (χ0) is 12.6. The van der Waals surface area contributed by atoms with Crippen molar-refractivity contribution in [2.75, 3.05) is 5.73 Å². The molecule has 0 saturated heterocycles. The Balaban J connectivity index is 2.57. The molecule has 0 bridgehead atoms. The summed E-state index contributed by atoms with van der Waals surface area (Å²) in [5, 5.41) is 0. The number of nitrogen functional groups attached to an aromatic ring is 1. The molecule has 0 amide bonds. The van der Waals surface area contributed by atoms with Crippen LogP contribution < -0.4 is 5.73 Å². The van der Waals surface area contributed by atoms with Crippen LogP contribution in [0.4, 0.5) is 19.0 Å². The number of halogens is 3. The fourth-order valence-electron chi connectivity index (χ4n) is 1.32.